The van der Waals surface area contributed by atoms with E-state index in [1.165, 1.54) is 0 Å². The molecule has 23 heavy (non-hydrogen) atoms. The average molecular weight is 399 g/mol. The zero-order valence-electron chi connectivity index (χ0n) is 12.9. The number of carbonyl (C=O) groups excluding carboxylic acids is 1. The molecule has 0 atom stereocenters. The van der Waals surface area contributed by atoms with E-state index in [1.54, 1.807) is 25.3 Å². The molecule has 0 aliphatic carbocycles. The molecule has 0 aliphatic rings. The number of rotatable bonds is 6. The van der Waals surface area contributed by atoms with Crippen LogP contribution in [-0.2, 0) is 4.74 Å². The van der Waals surface area contributed by atoms with Gasteiger partial charge in [0.15, 0.2) is 0 Å². The summed E-state index contributed by atoms with van der Waals surface area (Å²) in [5.41, 5.74) is 2.02. The van der Waals surface area contributed by atoms with Crippen molar-refractivity contribution < 1.29 is 14.3 Å². The molecule has 2 aromatic carbocycles. The van der Waals surface area contributed by atoms with Crippen LogP contribution in [0.3, 0.4) is 0 Å². The zero-order valence-corrected chi connectivity index (χ0v) is 15.2. The molecule has 1 amide bonds. The van der Waals surface area contributed by atoms with Crippen LogP contribution in [0.15, 0.2) is 40.9 Å². The lowest BCUT2D eigenvalue weighted by molar-refractivity contribution is 0.101. The van der Waals surface area contributed by atoms with Crippen LogP contribution in [0.2, 0.25) is 5.02 Å². The Balaban J connectivity index is 2.19. The Kier molecular flexibility index (Phi) is 6.45. The Bertz CT molecular complexity index is 706. The van der Waals surface area contributed by atoms with Gasteiger partial charge in [-0.1, -0.05) is 33.6 Å². The summed E-state index contributed by atoms with van der Waals surface area (Å²) in [6.45, 7) is 2.73. The van der Waals surface area contributed by atoms with Crippen molar-refractivity contribution in [2.24, 2.45) is 0 Å². The van der Waals surface area contributed by atoms with Gasteiger partial charge in [0.2, 0.25) is 0 Å². The van der Waals surface area contributed by atoms with Gasteiger partial charge in [-0.05, 0) is 42.8 Å². The molecule has 0 radical (unpaired) electrons. The third-order valence-corrected chi connectivity index (χ3v) is 4.06. The Morgan fingerprint density at radius 1 is 1.22 bits per heavy atom. The van der Waals surface area contributed by atoms with Gasteiger partial charge in [0.1, 0.15) is 12.4 Å². The second-order valence-corrected chi connectivity index (χ2v) is 6.22. The van der Waals surface area contributed by atoms with Crippen LogP contribution in [-0.4, -0.2) is 26.2 Å². The summed E-state index contributed by atoms with van der Waals surface area (Å²) in [6.07, 6.45) is 0. The molecular formula is C17H17BrClNO3. The van der Waals surface area contributed by atoms with Crippen LogP contribution in [0.25, 0.3) is 0 Å². The molecule has 6 heteroatoms. The number of amides is 1. The van der Waals surface area contributed by atoms with Crippen molar-refractivity contribution in [3.8, 4) is 5.75 Å². The maximum absolute atomic E-state index is 12.5. The maximum Gasteiger partial charge on any atom is 0.259 e. The molecule has 1 N–H and O–H groups in total. The van der Waals surface area contributed by atoms with E-state index in [9.17, 15) is 4.79 Å². The highest BCUT2D eigenvalue weighted by Gasteiger charge is 2.14. The predicted octanol–water partition coefficient (Wildman–Crippen LogP) is 4.69. The number of aryl methyl sites for hydroxylation is 1. The van der Waals surface area contributed by atoms with E-state index in [1.807, 2.05) is 25.1 Å². The van der Waals surface area contributed by atoms with Crippen LogP contribution < -0.4 is 10.1 Å². The molecule has 0 aromatic heterocycles. The van der Waals surface area contributed by atoms with E-state index in [-0.39, 0.29) is 5.91 Å². The molecule has 4 nitrogen and oxygen atoms in total. The molecule has 2 rings (SSSR count). The summed E-state index contributed by atoms with van der Waals surface area (Å²) in [5.74, 6) is 0.236. The first kappa shape index (κ1) is 17.8. The highest BCUT2D eigenvalue weighted by Crippen LogP contribution is 2.25. The lowest BCUT2D eigenvalue weighted by Crippen LogP contribution is -2.15. The third-order valence-electron chi connectivity index (χ3n) is 3.16. The van der Waals surface area contributed by atoms with Crippen molar-refractivity contribution in [1.29, 1.82) is 0 Å². The summed E-state index contributed by atoms with van der Waals surface area (Å²) in [4.78, 5) is 12.5. The number of hydrogen-bond donors (Lipinski definition) is 1. The Morgan fingerprint density at radius 2 is 2.00 bits per heavy atom. The summed E-state index contributed by atoms with van der Waals surface area (Å²) >= 11 is 9.46. The van der Waals surface area contributed by atoms with E-state index < -0.39 is 0 Å². The van der Waals surface area contributed by atoms with Crippen molar-refractivity contribution in [2.45, 2.75) is 6.92 Å². The van der Waals surface area contributed by atoms with Gasteiger partial charge >= 0.3 is 0 Å². The molecule has 0 aliphatic heterocycles. The fraction of sp³-hybridized carbons (Fsp3) is 0.235. The molecule has 0 saturated heterocycles. The molecule has 0 spiro atoms. The molecular weight excluding hydrogens is 382 g/mol. The lowest BCUT2D eigenvalue weighted by atomic mass is 10.1. The van der Waals surface area contributed by atoms with Gasteiger partial charge < -0.3 is 14.8 Å². The predicted molar refractivity (Wildman–Crippen MR) is 95.7 cm³/mol. The van der Waals surface area contributed by atoms with Crippen LogP contribution in [0.1, 0.15) is 15.9 Å². The number of carbonyl (C=O) groups is 1. The molecule has 0 unspecified atom stereocenters. The summed E-state index contributed by atoms with van der Waals surface area (Å²) < 4.78 is 11.4. The molecule has 2 aromatic rings. The van der Waals surface area contributed by atoms with Gasteiger partial charge in [-0.3, -0.25) is 4.79 Å². The van der Waals surface area contributed by atoms with Crippen molar-refractivity contribution in [3.05, 3.63) is 57.0 Å². The number of hydrogen-bond acceptors (Lipinski definition) is 3. The van der Waals surface area contributed by atoms with Gasteiger partial charge in [-0.25, -0.2) is 0 Å². The van der Waals surface area contributed by atoms with Gasteiger partial charge in [0, 0.05) is 22.3 Å². The minimum Gasteiger partial charge on any atom is -0.490 e. The normalized spacial score (nSPS) is 10.4. The molecule has 0 fully saturated rings. The SMILES string of the molecule is COCCOc1ccc(Br)cc1C(=O)Nc1ccc(C)c(Cl)c1. The Hall–Kier alpha value is -1.56. The van der Waals surface area contributed by atoms with Gasteiger partial charge in [-0.15, -0.1) is 0 Å². The Morgan fingerprint density at radius 3 is 2.70 bits per heavy atom. The monoisotopic (exact) mass is 397 g/mol. The fourth-order valence-electron chi connectivity index (χ4n) is 1.91. The minimum absolute atomic E-state index is 0.265. The second-order valence-electron chi connectivity index (χ2n) is 4.90. The quantitative estimate of drug-likeness (QED) is 0.718. The molecule has 0 heterocycles. The fourth-order valence-corrected chi connectivity index (χ4v) is 2.45. The third kappa shape index (κ3) is 4.96. The minimum atomic E-state index is -0.265. The zero-order chi connectivity index (χ0) is 16.8. The van der Waals surface area contributed by atoms with Gasteiger partial charge in [-0.2, -0.15) is 0 Å². The largest absolute Gasteiger partial charge is 0.490 e. The number of nitrogens with one attached hydrogen (secondary N) is 1. The first-order valence-corrected chi connectivity index (χ1v) is 8.17. The van der Waals surface area contributed by atoms with Crippen molar-refractivity contribution in [1.82, 2.24) is 0 Å². The van der Waals surface area contributed by atoms with E-state index in [0.29, 0.717) is 35.2 Å². The summed E-state index contributed by atoms with van der Waals surface area (Å²) in [6, 6.07) is 10.7. The van der Waals surface area contributed by atoms with Crippen LogP contribution in [0, 0.1) is 6.92 Å². The number of halogens is 2. The number of anilines is 1. The lowest BCUT2D eigenvalue weighted by Gasteiger charge is -2.12. The number of benzene rings is 2. The van der Waals surface area contributed by atoms with Crippen LogP contribution in [0.4, 0.5) is 5.69 Å². The number of ether oxygens (including phenoxy) is 2. The molecule has 122 valence electrons. The Labute approximate surface area is 148 Å². The number of methoxy groups -OCH3 is 1. The maximum atomic E-state index is 12.5. The van der Waals surface area contributed by atoms with Crippen LogP contribution >= 0.6 is 27.5 Å². The van der Waals surface area contributed by atoms with Crippen molar-refractivity contribution in [3.63, 3.8) is 0 Å². The molecule has 0 bridgehead atoms. The van der Waals surface area contributed by atoms with E-state index in [0.717, 1.165) is 10.0 Å². The summed E-state index contributed by atoms with van der Waals surface area (Å²) in [5, 5.41) is 3.43. The van der Waals surface area contributed by atoms with Gasteiger partial charge in [0.05, 0.1) is 12.2 Å². The topological polar surface area (TPSA) is 47.6 Å². The van der Waals surface area contributed by atoms with E-state index >= 15 is 0 Å². The van der Waals surface area contributed by atoms with Crippen molar-refractivity contribution in [2.75, 3.05) is 25.6 Å². The van der Waals surface area contributed by atoms with Crippen molar-refractivity contribution >= 4 is 39.1 Å². The standard InChI is InChI=1S/C17H17BrClNO3/c1-11-3-5-13(10-15(11)19)20-17(21)14-9-12(18)4-6-16(14)23-8-7-22-2/h3-6,9-10H,7-8H2,1-2H3,(H,20,21). The smallest absolute Gasteiger partial charge is 0.259 e. The summed E-state index contributed by atoms with van der Waals surface area (Å²) in [7, 11) is 1.60. The van der Waals surface area contributed by atoms with Crippen LogP contribution in [0.5, 0.6) is 5.75 Å². The van der Waals surface area contributed by atoms with E-state index in [2.05, 4.69) is 21.2 Å². The van der Waals surface area contributed by atoms with Gasteiger partial charge in [0.25, 0.3) is 5.91 Å². The van der Waals surface area contributed by atoms with E-state index in [4.69, 9.17) is 21.1 Å². The highest BCUT2D eigenvalue weighted by atomic mass is 79.9. The molecule has 0 saturated carbocycles. The second kappa shape index (κ2) is 8.34. The highest BCUT2D eigenvalue weighted by molar-refractivity contribution is 9.10. The first-order chi connectivity index (χ1) is 11.0. The average Bonchev–Trinajstić information content (AvgIpc) is 2.52. The first-order valence-electron chi connectivity index (χ1n) is 7.00.